The van der Waals surface area contributed by atoms with E-state index in [0.29, 0.717) is 11.5 Å². The summed E-state index contributed by atoms with van der Waals surface area (Å²) in [7, 11) is 1.60. The zero-order valence-corrected chi connectivity index (χ0v) is 14.6. The topological polar surface area (TPSA) is 56.8 Å². The van der Waals surface area contributed by atoms with Crippen molar-refractivity contribution in [1.82, 2.24) is 5.32 Å². The molecule has 0 spiro atoms. The highest BCUT2D eigenvalue weighted by Crippen LogP contribution is 2.26. The lowest BCUT2D eigenvalue weighted by Gasteiger charge is -2.15. The molecule has 1 heterocycles. The smallest absolute Gasteiger partial charge is 0.258 e. The first-order chi connectivity index (χ1) is 12.1. The lowest BCUT2D eigenvalue weighted by Crippen LogP contribution is -2.37. The van der Waals surface area contributed by atoms with Crippen LogP contribution in [0.5, 0.6) is 17.2 Å². The highest BCUT2D eigenvalue weighted by molar-refractivity contribution is 5.77. The van der Waals surface area contributed by atoms with Gasteiger partial charge in [0.1, 0.15) is 17.2 Å². The van der Waals surface area contributed by atoms with Gasteiger partial charge in [0.15, 0.2) is 6.61 Å². The molecule has 0 radical (unpaired) electrons. The molecule has 2 aromatic rings. The van der Waals surface area contributed by atoms with Gasteiger partial charge in [0.05, 0.1) is 13.7 Å². The molecule has 1 amide bonds. The van der Waals surface area contributed by atoms with Crippen molar-refractivity contribution in [2.24, 2.45) is 0 Å². The molecule has 5 heteroatoms. The normalized spacial score (nSPS) is 13.5. The van der Waals surface area contributed by atoms with Crippen LogP contribution >= 0.6 is 0 Å². The van der Waals surface area contributed by atoms with Crippen LogP contribution in [0.2, 0.25) is 0 Å². The third-order valence-corrected chi connectivity index (χ3v) is 4.11. The Bertz CT molecular complexity index is 744. The molecule has 3 rings (SSSR count). The Hall–Kier alpha value is -2.69. The van der Waals surface area contributed by atoms with Gasteiger partial charge in [-0.25, -0.2) is 0 Å². The Morgan fingerprint density at radius 3 is 2.92 bits per heavy atom. The summed E-state index contributed by atoms with van der Waals surface area (Å²) in [5.41, 5.74) is 2.45. The Morgan fingerprint density at radius 1 is 1.24 bits per heavy atom. The van der Waals surface area contributed by atoms with Crippen molar-refractivity contribution in [1.29, 1.82) is 0 Å². The maximum absolute atomic E-state index is 12.1. The fourth-order valence-corrected chi connectivity index (χ4v) is 2.93. The molecule has 1 atom stereocenters. The number of benzene rings is 2. The zero-order valence-electron chi connectivity index (χ0n) is 14.6. The van der Waals surface area contributed by atoms with Crippen LogP contribution in [0.15, 0.2) is 42.5 Å². The van der Waals surface area contributed by atoms with Crippen LogP contribution in [-0.2, 0) is 17.6 Å². The summed E-state index contributed by atoms with van der Waals surface area (Å²) < 4.78 is 16.2. The quantitative estimate of drug-likeness (QED) is 0.841. The van der Waals surface area contributed by atoms with Crippen molar-refractivity contribution in [3.63, 3.8) is 0 Å². The lowest BCUT2D eigenvalue weighted by atomic mass is 10.0. The predicted octanol–water partition coefficient (Wildman–Crippen LogP) is 2.76. The molecule has 0 saturated heterocycles. The Labute approximate surface area is 147 Å². The number of hydrogen-bond donors (Lipinski definition) is 1. The van der Waals surface area contributed by atoms with E-state index >= 15 is 0 Å². The predicted molar refractivity (Wildman–Crippen MR) is 95.4 cm³/mol. The first kappa shape index (κ1) is 17.1. The van der Waals surface area contributed by atoms with Gasteiger partial charge in [-0.3, -0.25) is 4.79 Å². The second kappa shape index (κ2) is 7.92. The van der Waals surface area contributed by atoms with Crippen molar-refractivity contribution < 1.29 is 19.0 Å². The largest absolute Gasteiger partial charge is 0.497 e. The van der Waals surface area contributed by atoms with E-state index in [1.54, 1.807) is 19.2 Å². The molecule has 0 saturated carbocycles. The van der Waals surface area contributed by atoms with Crippen LogP contribution in [0.25, 0.3) is 0 Å². The van der Waals surface area contributed by atoms with E-state index in [0.717, 1.165) is 25.2 Å². The number of carbonyl (C=O) groups excluding carboxylic acids is 1. The lowest BCUT2D eigenvalue weighted by molar-refractivity contribution is -0.123. The minimum Gasteiger partial charge on any atom is -0.497 e. The molecule has 5 nitrogen and oxygen atoms in total. The molecule has 132 valence electrons. The van der Waals surface area contributed by atoms with E-state index in [1.165, 1.54) is 11.1 Å². The number of methoxy groups -OCH3 is 1. The van der Waals surface area contributed by atoms with Crippen LogP contribution in [0.1, 0.15) is 18.1 Å². The molecule has 1 N–H and O–H groups in total. The van der Waals surface area contributed by atoms with Crippen LogP contribution in [0.3, 0.4) is 0 Å². The van der Waals surface area contributed by atoms with Crippen molar-refractivity contribution in [2.75, 3.05) is 20.3 Å². The monoisotopic (exact) mass is 341 g/mol. The molecule has 0 fully saturated rings. The standard InChI is InChI=1S/C20H23NO4/c1-14(10-15-6-7-19-16(11-15)8-9-24-19)21-20(22)13-25-18-5-3-4-17(12-18)23-2/h3-7,11-12,14H,8-10,13H2,1-2H3,(H,21,22). The minimum atomic E-state index is -0.139. The highest BCUT2D eigenvalue weighted by atomic mass is 16.5. The molecular formula is C20H23NO4. The molecule has 2 aromatic carbocycles. The highest BCUT2D eigenvalue weighted by Gasteiger charge is 2.14. The van der Waals surface area contributed by atoms with Crippen molar-refractivity contribution in [3.05, 3.63) is 53.6 Å². The van der Waals surface area contributed by atoms with E-state index < -0.39 is 0 Å². The van der Waals surface area contributed by atoms with Gasteiger partial charge >= 0.3 is 0 Å². The number of rotatable bonds is 7. The first-order valence-corrected chi connectivity index (χ1v) is 8.45. The van der Waals surface area contributed by atoms with Crippen LogP contribution in [0.4, 0.5) is 0 Å². The van der Waals surface area contributed by atoms with Gasteiger partial charge in [-0.15, -0.1) is 0 Å². The number of nitrogens with one attached hydrogen (secondary N) is 1. The van der Waals surface area contributed by atoms with Gasteiger partial charge in [-0.05, 0) is 42.7 Å². The molecule has 0 aliphatic carbocycles. The molecule has 1 aliphatic rings. The summed E-state index contributed by atoms with van der Waals surface area (Å²) in [6.07, 6.45) is 1.73. The van der Waals surface area contributed by atoms with E-state index in [4.69, 9.17) is 14.2 Å². The van der Waals surface area contributed by atoms with Gasteiger partial charge in [-0.1, -0.05) is 18.2 Å². The maximum Gasteiger partial charge on any atom is 0.258 e. The van der Waals surface area contributed by atoms with E-state index in [-0.39, 0.29) is 18.6 Å². The summed E-state index contributed by atoms with van der Waals surface area (Å²) in [6.45, 7) is 2.73. The van der Waals surface area contributed by atoms with E-state index in [9.17, 15) is 4.79 Å². The van der Waals surface area contributed by atoms with Crippen LogP contribution in [0, 0.1) is 0 Å². The fourth-order valence-electron chi connectivity index (χ4n) is 2.93. The zero-order chi connectivity index (χ0) is 17.6. The summed E-state index contributed by atoms with van der Waals surface area (Å²) in [5.74, 6) is 2.15. The summed E-state index contributed by atoms with van der Waals surface area (Å²) in [5, 5.41) is 2.97. The van der Waals surface area contributed by atoms with Gasteiger partial charge in [-0.2, -0.15) is 0 Å². The van der Waals surface area contributed by atoms with Gasteiger partial charge in [0.25, 0.3) is 5.91 Å². The van der Waals surface area contributed by atoms with Gasteiger partial charge in [0.2, 0.25) is 0 Å². The Kier molecular flexibility index (Phi) is 5.43. The minimum absolute atomic E-state index is 0.0183. The Balaban J connectivity index is 1.47. The van der Waals surface area contributed by atoms with Crippen molar-refractivity contribution in [2.45, 2.75) is 25.8 Å². The average Bonchev–Trinajstić information content (AvgIpc) is 3.08. The summed E-state index contributed by atoms with van der Waals surface area (Å²) >= 11 is 0. The first-order valence-electron chi connectivity index (χ1n) is 8.45. The molecule has 1 unspecified atom stereocenters. The molecule has 0 aromatic heterocycles. The number of ether oxygens (including phenoxy) is 3. The van der Waals surface area contributed by atoms with Gasteiger partial charge < -0.3 is 19.5 Å². The second-order valence-corrected chi connectivity index (χ2v) is 6.18. The number of carbonyl (C=O) groups is 1. The van der Waals surface area contributed by atoms with Crippen molar-refractivity contribution in [3.8, 4) is 17.2 Å². The number of fused-ring (bicyclic) bond motifs is 1. The fraction of sp³-hybridized carbons (Fsp3) is 0.350. The number of amides is 1. The third kappa shape index (κ3) is 4.66. The van der Waals surface area contributed by atoms with Crippen LogP contribution in [-0.4, -0.2) is 32.3 Å². The number of hydrogen-bond acceptors (Lipinski definition) is 4. The molecule has 25 heavy (non-hydrogen) atoms. The summed E-state index contributed by atoms with van der Waals surface area (Å²) in [4.78, 5) is 12.1. The maximum atomic E-state index is 12.1. The Morgan fingerprint density at radius 2 is 2.08 bits per heavy atom. The van der Waals surface area contributed by atoms with E-state index in [2.05, 4.69) is 17.4 Å². The molecule has 1 aliphatic heterocycles. The molecular weight excluding hydrogens is 318 g/mol. The van der Waals surface area contributed by atoms with Crippen LogP contribution < -0.4 is 19.5 Å². The molecule has 0 bridgehead atoms. The second-order valence-electron chi connectivity index (χ2n) is 6.18. The average molecular weight is 341 g/mol. The van der Waals surface area contributed by atoms with Gasteiger partial charge in [0, 0.05) is 18.5 Å². The third-order valence-electron chi connectivity index (χ3n) is 4.11. The summed E-state index contributed by atoms with van der Waals surface area (Å²) in [6, 6.07) is 13.5. The SMILES string of the molecule is COc1cccc(OCC(=O)NC(C)Cc2ccc3c(c2)CCO3)c1. The van der Waals surface area contributed by atoms with E-state index in [1.807, 2.05) is 25.1 Å². The van der Waals surface area contributed by atoms with Crippen molar-refractivity contribution >= 4 is 5.91 Å².